The lowest BCUT2D eigenvalue weighted by atomic mass is 10.1. The summed E-state index contributed by atoms with van der Waals surface area (Å²) >= 11 is 5.73. The van der Waals surface area contributed by atoms with Crippen LogP contribution in [0.2, 0.25) is 0 Å². The second-order valence-electron chi connectivity index (χ2n) is 3.33. The number of nitrogens with one attached hydrogen (secondary N) is 1. The van der Waals surface area contributed by atoms with Crippen LogP contribution in [0.1, 0.15) is 25.5 Å². The van der Waals surface area contributed by atoms with Crippen molar-refractivity contribution in [2.45, 2.75) is 19.9 Å². The van der Waals surface area contributed by atoms with E-state index in [1.807, 2.05) is 19.1 Å². The average molecular weight is 245 g/mol. The normalized spacial score (nSPS) is 13.1. The quantitative estimate of drug-likeness (QED) is 0.813. The first kappa shape index (κ1) is 14.5. The molecule has 1 aromatic carbocycles. The molecule has 0 saturated carbocycles. The molecule has 0 aliphatic heterocycles. The summed E-state index contributed by atoms with van der Waals surface area (Å²) < 4.78 is 0. The van der Waals surface area contributed by atoms with E-state index >= 15 is 0 Å². The minimum atomic E-state index is 0. The third-order valence-electron chi connectivity index (χ3n) is 2.11. The molecular formula is C12H16Cl2N-. The zero-order valence-corrected chi connectivity index (χ0v) is 10.5. The largest absolute Gasteiger partial charge is 1.00 e. The summed E-state index contributed by atoms with van der Waals surface area (Å²) in [6.07, 6.45) is 1.97. The van der Waals surface area contributed by atoms with E-state index < -0.39 is 0 Å². The molecule has 0 aromatic heterocycles. The van der Waals surface area contributed by atoms with Crippen molar-refractivity contribution in [3.05, 3.63) is 47.0 Å². The van der Waals surface area contributed by atoms with Crippen LogP contribution in [-0.2, 0) is 0 Å². The Bertz CT molecular complexity index is 292. The Morgan fingerprint density at radius 3 is 2.53 bits per heavy atom. The third kappa shape index (κ3) is 5.83. The number of rotatable bonds is 4. The molecule has 0 fully saturated rings. The van der Waals surface area contributed by atoms with Gasteiger partial charge in [0.15, 0.2) is 0 Å². The summed E-state index contributed by atoms with van der Waals surface area (Å²) in [4.78, 5) is 0. The Hall–Kier alpha value is -0.500. The van der Waals surface area contributed by atoms with Crippen molar-refractivity contribution in [1.82, 2.24) is 5.32 Å². The van der Waals surface area contributed by atoms with Gasteiger partial charge in [-0.2, -0.15) is 0 Å². The highest BCUT2D eigenvalue weighted by molar-refractivity contribution is 6.29. The number of hydrogen-bond acceptors (Lipinski definition) is 1. The number of allylic oxidation sites excluding steroid dienone is 1. The summed E-state index contributed by atoms with van der Waals surface area (Å²) in [6, 6.07) is 10.7. The highest BCUT2D eigenvalue weighted by atomic mass is 35.5. The summed E-state index contributed by atoms with van der Waals surface area (Å²) in [5.41, 5.74) is 1.30. The molecule has 0 saturated heterocycles. The first-order valence-corrected chi connectivity index (χ1v) is 5.18. The van der Waals surface area contributed by atoms with Crippen LogP contribution in [0.3, 0.4) is 0 Å². The van der Waals surface area contributed by atoms with Crippen LogP contribution in [0, 0.1) is 0 Å². The Morgan fingerprint density at radius 1 is 1.40 bits per heavy atom. The molecule has 15 heavy (non-hydrogen) atoms. The van der Waals surface area contributed by atoms with Crippen LogP contribution >= 0.6 is 11.6 Å². The molecule has 1 aromatic rings. The van der Waals surface area contributed by atoms with Gasteiger partial charge in [-0.3, -0.25) is 0 Å². The molecule has 3 heteroatoms. The molecule has 0 spiro atoms. The maximum absolute atomic E-state index is 5.73. The second kappa shape index (κ2) is 7.75. The van der Waals surface area contributed by atoms with E-state index in [4.69, 9.17) is 11.6 Å². The van der Waals surface area contributed by atoms with Crippen LogP contribution in [0.5, 0.6) is 0 Å². The Balaban J connectivity index is 0.00000196. The molecule has 1 nitrogen and oxygen atoms in total. The van der Waals surface area contributed by atoms with Gasteiger partial charge in [-0.1, -0.05) is 48.0 Å². The van der Waals surface area contributed by atoms with Crippen molar-refractivity contribution in [3.8, 4) is 0 Å². The average Bonchev–Trinajstić information content (AvgIpc) is 2.18. The molecule has 0 aliphatic carbocycles. The minimum absolute atomic E-state index is 0. The predicted octanol–water partition coefficient (Wildman–Crippen LogP) is 0.484. The fourth-order valence-electron chi connectivity index (χ4n) is 1.24. The number of halogens is 2. The van der Waals surface area contributed by atoms with Crippen molar-refractivity contribution >= 4 is 11.6 Å². The highest BCUT2D eigenvalue weighted by Crippen LogP contribution is 2.10. The topological polar surface area (TPSA) is 12.0 Å². The number of benzene rings is 1. The first-order valence-electron chi connectivity index (χ1n) is 4.80. The maximum atomic E-state index is 5.73. The van der Waals surface area contributed by atoms with Gasteiger partial charge in [-0.25, -0.2) is 0 Å². The molecule has 0 aliphatic rings. The Morgan fingerprint density at radius 2 is 2.00 bits per heavy atom. The van der Waals surface area contributed by atoms with Gasteiger partial charge in [0.2, 0.25) is 0 Å². The lowest BCUT2D eigenvalue weighted by Crippen LogP contribution is -3.00. The van der Waals surface area contributed by atoms with Gasteiger partial charge in [0, 0.05) is 17.6 Å². The summed E-state index contributed by atoms with van der Waals surface area (Å²) in [5.74, 6) is 0. The van der Waals surface area contributed by atoms with Gasteiger partial charge in [0.25, 0.3) is 0 Å². The minimum Gasteiger partial charge on any atom is -1.00 e. The smallest absolute Gasteiger partial charge is 0.0294 e. The van der Waals surface area contributed by atoms with Gasteiger partial charge in [-0.15, -0.1) is 0 Å². The van der Waals surface area contributed by atoms with Crippen LogP contribution in [0.15, 0.2) is 41.4 Å². The van der Waals surface area contributed by atoms with Gasteiger partial charge < -0.3 is 17.7 Å². The fraction of sp³-hybridized carbons (Fsp3) is 0.333. The van der Waals surface area contributed by atoms with Crippen LogP contribution in [0.25, 0.3) is 0 Å². The monoisotopic (exact) mass is 244 g/mol. The van der Waals surface area contributed by atoms with E-state index in [0.717, 1.165) is 11.6 Å². The van der Waals surface area contributed by atoms with E-state index in [-0.39, 0.29) is 12.4 Å². The molecule has 84 valence electrons. The Labute approximate surface area is 103 Å². The van der Waals surface area contributed by atoms with Crippen molar-refractivity contribution in [1.29, 1.82) is 0 Å². The molecule has 1 N–H and O–H groups in total. The predicted molar refractivity (Wildman–Crippen MR) is 62.5 cm³/mol. The lowest BCUT2D eigenvalue weighted by Gasteiger charge is -2.12. The molecule has 0 heterocycles. The van der Waals surface area contributed by atoms with E-state index in [1.54, 1.807) is 0 Å². The SMILES string of the molecule is C/C(Cl)=C\CNC(C)c1ccccc1.[Cl-]. The van der Waals surface area contributed by atoms with Crippen molar-refractivity contribution < 1.29 is 12.4 Å². The van der Waals surface area contributed by atoms with Crippen LogP contribution in [0.4, 0.5) is 0 Å². The van der Waals surface area contributed by atoms with Crippen molar-refractivity contribution in [3.63, 3.8) is 0 Å². The summed E-state index contributed by atoms with van der Waals surface area (Å²) in [6.45, 7) is 4.84. The molecule has 1 unspecified atom stereocenters. The number of hydrogen-bond donors (Lipinski definition) is 1. The Kier molecular flexibility index (Phi) is 7.49. The van der Waals surface area contributed by atoms with Crippen molar-refractivity contribution in [2.24, 2.45) is 0 Å². The van der Waals surface area contributed by atoms with Gasteiger partial charge in [0.05, 0.1) is 0 Å². The molecule has 1 atom stereocenters. The zero-order valence-electron chi connectivity index (χ0n) is 9.00. The molecular weight excluding hydrogens is 229 g/mol. The van der Waals surface area contributed by atoms with Crippen molar-refractivity contribution in [2.75, 3.05) is 6.54 Å². The van der Waals surface area contributed by atoms with Gasteiger partial charge >= 0.3 is 0 Å². The molecule has 0 amide bonds. The summed E-state index contributed by atoms with van der Waals surface area (Å²) in [5, 5.41) is 4.20. The van der Waals surface area contributed by atoms with E-state index in [9.17, 15) is 0 Å². The molecule has 0 radical (unpaired) electrons. The van der Waals surface area contributed by atoms with Crippen LogP contribution in [-0.4, -0.2) is 6.54 Å². The van der Waals surface area contributed by atoms with E-state index in [1.165, 1.54) is 5.56 Å². The second-order valence-corrected chi connectivity index (χ2v) is 3.93. The lowest BCUT2D eigenvalue weighted by molar-refractivity contribution is -0.00000296. The fourth-order valence-corrected chi connectivity index (χ4v) is 1.31. The van der Waals surface area contributed by atoms with E-state index in [0.29, 0.717) is 6.04 Å². The standard InChI is InChI=1S/C12H16ClN.ClH/c1-10(13)8-9-14-11(2)12-6-4-3-5-7-12;/h3-8,11,14H,9H2,1-2H3;1H/p-1/b10-8+;. The zero-order chi connectivity index (χ0) is 10.4. The molecule has 1 rings (SSSR count). The van der Waals surface area contributed by atoms with Gasteiger partial charge in [0.1, 0.15) is 0 Å². The summed E-state index contributed by atoms with van der Waals surface area (Å²) in [7, 11) is 0. The van der Waals surface area contributed by atoms with Gasteiger partial charge in [-0.05, 0) is 19.4 Å². The molecule has 0 bridgehead atoms. The maximum Gasteiger partial charge on any atom is 0.0294 e. The first-order chi connectivity index (χ1) is 6.70. The van der Waals surface area contributed by atoms with Crippen LogP contribution < -0.4 is 17.7 Å². The van der Waals surface area contributed by atoms with E-state index in [2.05, 4.69) is 36.5 Å². The highest BCUT2D eigenvalue weighted by Gasteiger charge is 2.01. The third-order valence-corrected chi connectivity index (χ3v) is 2.26.